The minimum atomic E-state index is 0.448. The van der Waals surface area contributed by atoms with Crippen molar-refractivity contribution in [3.63, 3.8) is 0 Å². The van der Waals surface area contributed by atoms with Crippen LogP contribution in [0.4, 0.5) is 0 Å². The number of nitriles is 1. The summed E-state index contributed by atoms with van der Waals surface area (Å²) in [4.78, 5) is 7.03. The van der Waals surface area contributed by atoms with Gasteiger partial charge in [0.2, 0.25) is 0 Å². The number of H-pyrrole nitrogens is 1. The van der Waals surface area contributed by atoms with Crippen molar-refractivity contribution in [2.45, 2.75) is 20.3 Å². The summed E-state index contributed by atoms with van der Waals surface area (Å²) in [6.07, 6.45) is 5.80. The Bertz CT molecular complexity index is 437. The molecule has 0 amide bonds. The van der Waals surface area contributed by atoms with Gasteiger partial charge in [0.1, 0.15) is 0 Å². The van der Waals surface area contributed by atoms with Crippen LogP contribution in [0.2, 0.25) is 0 Å². The summed E-state index contributed by atoms with van der Waals surface area (Å²) in [5.41, 5.74) is 2.03. The van der Waals surface area contributed by atoms with E-state index in [1.54, 1.807) is 12.4 Å². The van der Waals surface area contributed by atoms with Crippen LogP contribution in [0.1, 0.15) is 19.4 Å². The van der Waals surface area contributed by atoms with Crippen LogP contribution in [0.15, 0.2) is 24.7 Å². The molecule has 0 radical (unpaired) electrons. The molecule has 0 spiro atoms. The van der Waals surface area contributed by atoms with Crippen LogP contribution in [-0.4, -0.2) is 9.97 Å². The number of rotatable bonds is 1. The summed E-state index contributed by atoms with van der Waals surface area (Å²) >= 11 is 0. The normalized spacial score (nSPS) is 8.93. The summed E-state index contributed by atoms with van der Waals surface area (Å²) in [5.74, 6) is 0. The van der Waals surface area contributed by atoms with E-state index in [-0.39, 0.29) is 0 Å². The number of aromatic amines is 1. The molecule has 72 valence electrons. The fourth-order valence-corrected chi connectivity index (χ4v) is 1.26. The van der Waals surface area contributed by atoms with Gasteiger partial charge in [-0.05, 0) is 11.6 Å². The lowest BCUT2D eigenvalue weighted by atomic mass is 10.2. The molecule has 0 bridgehead atoms. The van der Waals surface area contributed by atoms with Crippen molar-refractivity contribution >= 4 is 10.9 Å². The van der Waals surface area contributed by atoms with Crippen molar-refractivity contribution in [3.8, 4) is 6.07 Å². The Morgan fingerprint density at radius 3 is 3.00 bits per heavy atom. The highest BCUT2D eigenvalue weighted by atomic mass is 14.7. The van der Waals surface area contributed by atoms with Gasteiger partial charge in [0.25, 0.3) is 0 Å². The predicted octanol–water partition coefficient (Wildman–Crippen LogP) is 2.66. The molecule has 3 heteroatoms. The number of hydrogen-bond donors (Lipinski definition) is 1. The largest absolute Gasteiger partial charge is 0.360 e. The molecule has 2 aromatic rings. The number of pyridine rings is 1. The Hall–Kier alpha value is -1.82. The summed E-state index contributed by atoms with van der Waals surface area (Å²) in [6.45, 7) is 4.00. The van der Waals surface area contributed by atoms with Crippen LogP contribution in [-0.2, 0) is 6.42 Å². The molecule has 2 rings (SSSR count). The second kappa shape index (κ2) is 5.03. The smallest absolute Gasteiger partial charge is 0.0670 e. The van der Waals surface area contributed by atoms with Gasteiger partial charge >= 0.3 is 0 Å². The lowest BCUT2D eigenvalue weighted by molar-refractivity contribution is 1.28. The van der Waals surface area contributed by atoms with Crippen LogP contribution in [0.5, 0.6) is 0 Å². The van der Waals surface area contributed by atoms with E-state index in [1.807, 2.05) is 26.1 Å². The van der Waals surface area contributed by atoms with Gasteiger partial charge in [-0.25, -0.2) is 0 Å². The van der Waals surface area contributed by atoms with Gasteiger partial charge in [-0.1, -0.05) is 13.8 Å². The molecule has 0 saturated heterocycles. The Labute approximate surface area is 83.4 Å². The average Bonchev–Trinajstić information content (AvgIpc) is 2.66. The van der Waals surface area contributed by atoms with Crippen LogP contribution < -0.4 is 0 Å². The number of hydrogen-bond acceptors (Lipinski definition) is 2. The van der Waals surface area contributed by atoms with E-state index in [0.717, 1.165) is 16.5 Å². The maximum Gasteiger partial charge on any atom is 0.0670 e. The van der Waals surface area contributed by atoms with Crippen molar-refractivity contribution in [1.82, 2.24) is 9.97 Å². The first kappa shape index (κ1) is 10.3. The van der Waals surface area contributed by atoms with Crippen LogP contribution >= 0.6 is 0 Å². The summed E-state index contributed by atoms with van der Waals surface area (Å²) in [6, 6.07) is 4.04. The van der Waals surface area contributed by atoms with E-state index in [0.29, 0.717) is 6.42 Å². The third kappa shape index (κ3) is 1.91. The zero-order valence-electron chi connectivity index (χ0n) is 8.41. The number of nitrogens with zero attached hydrogens (tertiary/aromatic N) is 2. The summed E-state index contributed by atoms with van der Waals surface area (Å²) in [5, 5.41) is 9.61. The van der Waals surface area contributed by atoms with E-state index in [4.69, 9.17) is 5.26 Å². The Morgan fingerprint density at radius 2 is 2.29 bits per heavy atom. The monoisotopic (exact) mass is 187 g/mol. The molecule has 0 unspecified atom stereocenters. The average molecular weight is 187 g/mol. The molecule has 0 atom stereocenters. The van der Waals surface area contributed by atoms with E-state index >= 15 is 0 Å². The zero-order valence-corrected chi connectivity index (χ0v) is 8.41. The van der Waals surface area contributed by atoms with Crippen molar-refractivity contribution in [2.24, 2.45) is 0 Å². The van der Waals surface area contributed by atoms with Gasteiger partial charge in [-0.3, -0.25) is 4.98 Å². The van der Waals surface area contributed by atoms with Gasteiger partial charge in [0.05, 0.1) is 24.2 Å². The maximum atomic E-state index is 8.52. The fraction of sp³-hybridized carbons (Fsp3) is 0.273. The topological polar surface area (TPSA) is 52.5 Å². The van der Waals surface area contributed by atoms with E-state index < -0.39 is 0 Å². The van der Waals surface area contributed by atoms with Gasteiger partial charge in [-0.15, -0.1) is 0 Å². The van der Waals surface area contributed by atoms with Gasteiger partial charge in [-0.2, -0.15) is 5.26 Å². The predicted molar refractivity (Wildman–Crippen MR) is 56.8 cm³/mol. The first-order valence-electron chi connectivity index (χ1n) is 4.69. The van der Waals surface area contributed by atoms with Crippen molar-refractivity contribution in [3.05, 3.63) is 30.2 Å². The maximum absolute atomic E-state index is 8.52. The molecule has 0 aliphatic carbocycles. The second-order valence-corrected chi connectivity index (χ2v) is 2.57. The molecule has 2 heterocycles. The third-order valence-corrected chi connectivity index (χ3v) is 1.84. The van der Waals surface area contributed by atoms with E-state index in [1.165, 1.54) is 0 Å². The standard InChI is InChI=1S/C9H7N3.C2H6/c10-3-1-7-5-12-9-6-11-4-2-8(7)9;1-2/h2,4-6,12H,1H2;1-2H3. The Balaban J connectivity index is 0.000000461. The van der Waals surface area contributed by atoms with Gasteiger partial charge < -0.3 is 4.98 Å². The number of nitrogens with one attached hydrogen (secondary N) is 1. The second-order valence-electron chi connectivity index (χ2n) is 2.57. The summed E-state index contributed by atoms with van der Waals surface area (Å²) < 4.78 is 0. The molecule has 14 heavy (non-hydrogen) atoms. The Kier molecular flexibility index (Phi) is 3.69. The van der Waals surface area contributed by atoms with Crippen molar-refractivity contribution in [2.75, 3.05) is 0 Å². The molecule has 0 aromatic carbocycles. The van der Waals surface area contributed by atoms with Crippen LogP contribution in [0, 0.1) is 11.3 Å². The van der Waals surface area contributed by atoms with Gasteiger partial charge in [0.15, 0.2) is 0 Å². The van der Waals surface area contributed by atoms with E-state index in [2.05, 4.69) is 16.0 Å². The molecule has 1 N–H and O–H groups in total. The van der Waals surface area contributed by atoms with E-state index in [9.17, 15) is 0 Å². The highest BCUT2D eigenvalue weighted by Gasteiger charge is 2.00. The molecular formula is C11H13N3. The fourth-order valence-electron chi connectivity index (χ4n) is 1.26. The first-order chi connectivity index (χ1) is 6.92. The minimum Gasteiger partial charge on any atom is -0.360 e. The molecule has 2 aromatic heterocycles. The van der Waals surface area contributed by atoms with Crippen LogP contribution in [0.3, 0.4) is 0 Å². The lowest BCUT2D eigenvalue weighted by Crippen LogP contribution is -1.77. The number of aromatic nitrogens is 2. The molecule has 0 aliphatic heterocycles. The summed E-state index contributed by atoms with van der Waals surface area (Å²) in [7, 11) is 0. The quantitative estimate of drug-likeness (QED) is 0.746. The Morgan fingerprint density at radius 1 is 1.50 bits per heavy atom. The van der Waals surface area contributed by atoms with Crippen LogP contribution in [0.25, 0.3) is 10.9 Å². The first-order valence-corrected chi connectivity index (χ1v) is 4.69. The van der Waals surface area contributed by atoms with Gasteiger partial charge in [0, 0.05) is 17.8 Å². The zero-order chi connectivity index (χ0) is 10.4. The SMILES string of the molecule is CC.N#CCc1c[nH]c2cnccc12. The number of fused-ring (bicyclic) bond motifs is 1. The highest BCUT2D eigenvalue weighted by Crippen LogP contribution is 2.16. The van der Waals surface area contributed by atoms with Crippen molar-refractivity contribution in [1.29, 1.82) is 5.26 Å². The molecular weight excluding hydrogens is 174 g/mol. The molecule has 0 fully saturated rings. The van der Waals surface area contributed by atoms with Crippen molar-refractivity contribution < 1.29 is 0 Å². The third-order valence-electron chi connectivity index (χ3n) is 1.84. The lowest BCUT2D eigenvalue weighted by Gasteiger charge is -1.89. The minimum absolute atomic E-state index is 0.448. The molecule has 3 nitrogen and oxygen atoms in total. The molecule has 0 aliphatic rings. The molecule has 0 saturated carbocycles. The highest BCUT2D eigenvalue weighted by molar-refractivity contribution is 5.82.